The van der Waals surface area contributed by atoms with Crippen LogP contribution in [-0.4, -0.2) is 94.1 Å². The average Bonchev–Trinajstić information content (AvgIpc) is 2.90. The lowest BCUT2D eigenvalue weighted by atomic mass is 9.57. The first-order valence-corrected chi connectivity index (χ1v) is 14.0. The fraction of sp³-hybridized carbons (Fsp3) is 0.424. The van der Waals surface area contributed by atoms with E-state index >= 15 is 0 Å². The number of phenols is 1. The Labute approximate surface area is 251 Å². The van der Waals surface area contributed by atoms with Crippen molar-refractivity contribution in [2.45, 2.75) is 44.8 Å². The Hall–Kier alpha value is -3.99. The van der Waals surface area contributed by atoms with Gasteiger partial charge in [0.15, 0.2) is 11.4 Å². The summed E-state index contributed by atoms with van der Waals surface area (Å²) < 4.78 is 0. The standard InChI is InChI=1S/C32H37N3O7.CH4/c1-34(2)12-6-8-16-7-5-9-17(13-16)19-10-11-22(36)24-20(19)14-18-15-21-26(35(3)4)28(38)25(31(33)41)30(40)32(21,42)29(39)23(18)27(24)37;/h5,7,9-11,13,18,21,26,36-37,40,42H,6,8,12,14-15H2,1-4H3,(H2,33,41);1H4/t18-,21-,26-,32-;/m0./s1. The summed E-state index contributed by atoms with van der Waals surface area (Å²) in [5.74, 6) is -6.61. The second kappa shape index (κ2) is 11.6. The van der Waals surface area contributed by atoms with Crippen LogP contribution in [0.4, 0.5) is 0 Å². The lowest BCUT2D eigenvalue weighted by Gasteiger charge is -2.50. The van der Waals surface area contributed by atoms with Gasteiger partial charge in [0.05, 0.1) is 11.6 Å². The number of aryl methyl sites for hydroxylation is 1. The number of fused-ring (bicyclic) bond motifs is 3. The number of benzene rings is 2. The van der Waals surface area contributed by atoms with Gasteiger partial charge in [-0.05, 0) is 94.7 Å². The molecule has 0 spiro atoms. The number of aliphatic hydroxyl groups excluding tert-OH is 2. The maximum atomic E-state index is 14.0. The van der Waals surface area contributed by atoms with Gasteiger partial charge in [0.1, 0.15) is 22.8 Å². The molecule has 4 atom stereocenters. The van der Waals surface area contributed by atoms with Crippen molar-refractivity contribution in [3.63, 3.8) is 0 Å². The smallest absolute Gasteiger partial charge is 0.255 e. The predicted molar refractivity (Wildman–Crippen MR) is 163 cm³/mol. The van der Waals surface area contributed by atoms with Crippen molar-refractivity contribution in [2.75, 3.05) is 34.7 Å². The number of ketones is 2. The number of hydrogen-bond donors (Lipinski definition) is 5. The van der Waals surface area contributed by atoms with Crippen molar-refractivity contribution >= 4 is 23.2 Å². The molecule has 10 heteroatoms. The molecule has 5 rings (SSSR count). The molecule has 2 aromatic carbocycles. The van der Waals surface area contributed by atoms with Crippen LogP contribution in [0.5, 0.6) is 5.75 Å². The molecule has 0 aromatic heterocycles. The Morgan fingerprint density at radius 1 is 1.07 bits per heavy atom. The summed E-state index contributed by atoms with van der Waals surface area (Å²) in [6, 6.07) is 10.2. The van der Waals surface area contributed by atoms with E-state index in [-0.39, 0.29) is 37.2 Å². The molecule has 1 fully saturated rings. The second-order valence-electron chi connectivity index (χ2n) is 12.1. The van der Waals surface area contributed by atoms with Crippen LogP contribution in [-0.2, 0) is 27.2 Å². The van der Waals surface area contributed by atoms with Crippen molar-refractivity contribution in [2.24, 2.45) is 17.6 Å². The van der Waals surface area contributed by atoms with E-state index in [1.54, 1.807) is 20.2 Å². The number of rotatable bonds is 7. The van der Waals surface area contributed by atoms with E-state index in [9.17, 15) is 34.8 Å². The van der Waals surface area contributed by atoms with Crippen LogP contribution in [0.2, 0.25) is 0 Å². The minimum Gasteiger partial charge on any atom is -0.508 e. The maximum Gasteiger partial charge on any atom is 0.255 e. The van der Waals surface area contributed by atoms with Crippen LogP contribution in [0.15, 0.2) is 53.3 Å². The number of nitrogens with zero attached hydrogens (tertiary/aromatic N) is 2. The van der Waals surface area contributed by atoms with E-state index in [0.29, 0.717) is 5.56 Å². The third-order valence-corrected chi connectivity index (χ3v) is 8.91. The SMILES string of the molecule is C.CN(C)CCCc1cccc(-c2ccc(O)c3c2C[C@H]2C[C@H]4[C@H](N(C)C)C(=O)C(C(N)=O)=C(O)[C@@]4(O)C(=O)C2=C3O)c1. The molecule has 0 unspecified atom stereocenters. The van der Waals surface area contributed by atoms with Gasteiger partial charge in [-0.3, -0.25) is 19.3 Å². The molecule has 6 N–H and O–H groups in total. The fourth-order valence-corrected chi connectivity index (χ4v) is 7.01. The first kappa shape index (κ1) is 31.9. The van der Waals surface area contributed by atoms with Gasteiger partial charge >= 0.3 is 0 Å². The number of carbonyl (C=O) groups is 3. The number of likely N-dealkylation sites (N-methyl/N-ethyl adjacent to an activating group) is 1. The molecule has 0 aliphatic heterocycles. The zero-order valence-corrected chi connectivity index (χ0v) is 24.2. The molecular formula is C33H41N3O7. The number of Topliss-reactive ketones (excluding diaryl/α,β-unsaturated/α-hetero) is 2. The van der Waals surface area contributed by atoms with Gasteiger partial charge in [0.25, 0.3) is 5.91 Å². The quantitative estimate of drug-likeness (QED) is 0.305. The highest BCUT2D eigenvalue weighted by Crippen LogP contribution is 2.53. The van der Waals surface area contributed by atoms with Crippen LogP contribution in [0.25, 0.3) is 16.9 Å². The Morgan fingerprint density at radius 3 is 2.40 bits per heavy atom. The van der Waals surface area contributed by atoms with Crippen molar-refractivity contribution in [3.05, 3.63) is 70.0 Å². The number of phenolic OH excluding ortho intramolecular Hbond substituents is 1. The van der Waals surface area contributed by atoms with Crippen molar-refractivity contribution in [1.82, 2.24) is 9.80 Å². The highest BCUT2D eigenvalue weighted by Gasteiger charge is 2.64. The minimum atomic E-state index is -2.65. The molecule has 3 aliphatic carbocycles. The van der Waals surface area contributed by atoms with E-state index in [1.165, 1.54) is 11.0 Å². The Kier molecular flexibility index (Phi) is 8.61. The molecule has 3 aliphatic rings. The van der Waals surface area contributed by atoms with Crippen molar-refractivity contribution in [1.29, 1.82) is 0 Å². The van der Waals surface area contributed by atoms with Gasteiger partial charge in [0, 0.05) is 11.5 Å². The lowest BCUT2D eigenvalue weighted by Crippen LogP contribution is -2.65. The number of amides is 1. The average molecular weight is 592 g/mol. The highest BCUT2D eigenvalue weighted by molar-refractivity contribution is 6.24. The van der Waals surface area contributed by atoms with Crippen molar-refractivity contribution < 1.29 is 34.8 Å². The minimum absolute atomic E-state index is 0. The molecule has 10 nitrogen and oxygen atoms in total. The van der Waals surface area contributed by atoms with E-state index in [2.05, 4.69) is 17.0 Å². The summed E-state index contributed by atoms with van der Waals surface area (Å²) in [6.45, 7) is 0.950. The zero-order valence-electron chi connectivity index (χ0n) is 24.2. The number of aliphatic hydroxyl groups is 3. The molecule has 1 saturated carbocycles. The maximum absolute atomic E-state index is 14.0. The summed E-state index contributed by atoms with van der Waals surface area (Å²) >= 11 is 0. The molecule has 0 bridgehead atoms. The van der Waals surface area contributed by atoms with Crippen LogP contribution < -0.4 is 5.73 Å². The second-order valence-corrected chi connectivity index (χ2v) is 12.1. The summed E-state index contributed by atoms with van der Waals surface area (Å²) in [6.07, 6.45) is 2.15. The number of carbonyl (C=O) groups excluding carboxylic acids is 3. The van der Waals surface area contributed by atoms with Gasteiger partial charge in [-0.15, -0.1) is 0 Å². The van der Waals surface area contributed by atoms with Gasteiger partial charge in [-0.1, -0.05) is 37.8 Å². The topological polar surface area (TPSA) is 165 Å². The molecule has 0 saturated heterocycles. The fourth-order valence-electron chi connectivity index (χ4n) is 7.01. The van der Waals surface area contributed by atoms with Crippen LogP contribution in [0, 0.1) is 11.8 Å². The third-order valence-electron chi connectivity index (χ3n) is 8.91. The van der Waals surface area contributed by atoms with E-state index in [1.807, 2.05) is 26.2 Å². The van der Waals surface area contributed by atoms with Crippen LogP contribution >= 0.6 is 0 Å². The molecule has 0 heterocycles. The van der Waals surface area contributed by atoms with Gasteiger partial charge in [0.2, 0.25) is 5.78 Å². The van der Waals surface area contributed by atoms with E-state index in [0.717, 1.165) is 36.1 Å². The molecule has 1 amide bonds. The van der Waals surface area contributed by atoms with Gasteiger partial charge < -0.3 is 31.1 Å². The van der Waals surface area contributed by atoms with E-state index < -0.39 is 58.0 Å². The predicted octanol–water partition coefficient (Wildman–Crippen LogP) is 2.76. The van der Waals surface area contributed by atoms with Crippen LogP contribution in [0.1, 0.15) is 37.0 Å². The molecule has 0 radical (unpaired) electrons. The molecular weight excluding hydrogens is 550 g/mol. The molecule has 230 valence electrons. The number of aromatic hydroxyl groups is 1. The highest BCUT2D eigenvalue weighted by atomic mass is 16.3. The zero-order chi connectivity index (χ0) is 30.7. The summed E-state index contributed by atoms with van der Waals surface area (Å²) in [7, 11) is 7.22. The largest absolute Gasteiger partial charge is 0.508 e. The summed E-state index contributed by atoms with van der Waals surface area (Å²) in [4.78, 5) is 43.1. The van der Waals surface area contributed by atoms with Crippen molar-refractivity contribution in [3.8, 4) is 16.9 Å². The Morgan fingerprint density at radius 2 is 1.77 bits per heavy atom. The Bertz CT molecular complexity index is 1560. The number of primary amides is 1. The van der Waals surface area contributed by atoms with Gasteiger partial charge in [-0.25, -0.2) is 0 Å². The molecule has 2 aromatic rings. The monoisotopic (exact) mass is 591 g/mol. The van der Waals surface area contributed by atoms with Gasteiger partial charge in [-0.2, -0.15) is 0 Å². The van der Waals surface area contributed by atoms with E-state index in [4.69, 9.17) is 5.73 Å². The third kappa shape index (κ3) is 5.03. The normalized spacial score (nSPS) is 25.0. The Balaban J connectivity index is 0.00000423. The number of nitrogens with two attached hydrogens (primary N) is 1. The summed E-state index contributed by atoms with van der Waals surface area (Å²) in [5.41, 5.74) is 5.31. The number of hydrogen-bond acceptors (Lipinski definition) is 9. The lowest BCUT2D eigenvalue weighted by molar-refractivity contribution is -0.153. The first-order chi connectivity index (χ1) is 19.8. The molecule has 43 heavy (non-hydrogen) atoms. The first-order valence-electron chi connectivity index (χ1n) is 14.0. The summed E-state index contributed by atoms with van der Waals surface area (Å²) in [5, 5.41) is 45.1. The van der Waals surface area contributed by atoms with Crippen LogP contribution in [0.3, 0.4) is 0 Å².